The maximum atomic E-state index is 13.2. The minimum atomic E-state index is -0.289. The summed E-state index contributed by atoms with van der Waals surface area (Å²) in [5.74, 6) is 0.260. The minimum Gasteiger partial charge on any atom is -0.496 e. The van der Waals surface area contributed by atoms with Gasteiger partial charge >= 0.3 is 0 Å². The molecule has 0 N–H and O–H groups in total. The monoisotopic (exact) mass is 421 g/mol. The largest absolute Gasteiger partial charge is 0.496 e. The van der Waals surface area contributed by atoms with Gasteiger partial charge in [0.25, 0.3) is 5.91 Å². The molecule has 31 heavy (non-hydrogen) atoms. The van der Waals surface area contributed by atoms with E-state index in [0.717, 1.165) is 16.8 Å². The maximum Gasteiger partial charge on any atom is 0.262 e. The molecule has 0 aliphatic carbocycles. The number of amides is 2. The number of nitrogens with zero attached hydrogens (tertiary/aromatic N) is 3. The molecule has 0 radical (unpaired) electrons. The van der Waals surface area contributed by atoms with Crippen LogP contribution in [0.1, 0.15) is 48.6 Å². The summed E-state index contributed by atoms with van der Waals surface area (Å²) in [5.41, 5.74) is 5.15. The molecule has 0 saturated carbocycles. The Morgan fingerprint density at radius 3 is 2.52 bits per heavy atom. The zero-order valence-corrected chi connectivity index (χ0v) is 19.2. The van der Waals surface area contributed by atoms with E-state index in [-0.39, 0.29) is 30.3 Å². The number of hydrogen-bond donors (Lipinski definition) is 0. The number of aryl methyl sites for hydroxylation is 2. The average Bonchev–Trinajstić information content (AvgIpc) is 3.20. The van der Waals surface area contributed by atoms with E-state index in [2.05, 4.69) is 26.0 Å². The highest BCUT2D eigenvalue weighted by Gasteiger charge is 2.35. The van der Waals surface area contributed by atoms with Crippen molar-refractivity contribution in [2.75, 3.05) is 20.7 Å². The molecular weight excluding hydrogens is 390 g/mol. The molecule has 0 unspecified atom stereocenters. The number of rotatable bonds is 6. The van der Waals surface area contributed by atoms with Crippen molar-refractivity contribution in [3.05, 3.63) is 64.7 Å². The molecule has 164 valence electrons. The molecule has 3 rings (SSSR count). The van der Waals surface area contributed by atoms with Crippen molar-refractivity contribution in [2.24, 2.45) is 11.0 Å². The Labute approximate surface area is 184 Å². The summed E-state index contributed by atoms with van der Waals surface area (Å²) < 4.78 is 5.56. The lowest BCUT2D eigenvalue weighted by molar-refractivity contribution is -0.142. The molecule has 1 heterocycles. The summed E-state index contributed by atoms with van der Waals surface area (Å²) in [6, 6.07) is 13.6. The molecule has 1 aliphatic rings. The van der Waals surface area contributed by atoms with Crippen LogP contribution >= 0.6 is 0 Å². The van der Waals surface area contributed by atoms with E-state index < -0.39 is 0 Å². The number of hydrazone groups is 1. The molecule has 0 fully saturated rings. The van der Waals surface area contributed by atoms with Crippen LogP contribution in [-0.2, 0) is 9.59 Å². The van der Waals surface area contributed by atoms with E-state index in [4.69, 9.17) is 9.84 Å². The molecule has 0 aromatic heterocycles. The first kappa shape index (κ1) is 22.5. The highest BCUT2D eigenvalue weighted by atomic mass is 16.5. The standard InChI is InChI=1S/C25H31N3O3/c1-16(2)25(30)27(5)15-24(29)28-22(20-9-7-8-10-23(20)31-6)14-21(26-28)19-12-11-17(3)18(4)13-19/h7-13,16,22H,14-15H2,1-6H3/t22-/m1/s1. The zero-order chi connectivity index (χ0) is 22.7. The van der Waals surface area contributed by atoms with Crippen LogP contribution in [0, 0.1) is 19.8 Å². The normalized spacial score (nSPS) is 15.8. The molecule has 2 aromatic rings. The third-order valence-electron chi connectivity index (χ3n) is 5.75. The van der Waals surface area contributed by atoms with Crippen molar-refractivity contribution >= 4 is 17.5 Å². The van der Waals surface area contributed by atoms with Crippen LogP contribution in [0.3, 0.4) is 0 Å². The smallest absolute Gasteiger partial charge is 0.262 e. The Balaban J connectivity index is 1.96. The predicted octanol–water partition coefficient (Wildman–Crippen LogP) is 4.10. The molecule has 1 atom stereocenters. The maximum absolute atomic E-state index is 13.2. The summed E-state index contributed by atoms with van der Waals surface area (Å²) in [7, 11) is 3.28. The van der Waals surface area contributed by atoms with E-state index in [1.165, 1.54) is 21.0 Å². The van der Waals surface area contributed by atoms with E-state index in [9.17, 15) is 9.59 Å². The van der Waals surface area contributed by atoms with Crippen molar-refractivity contribution in [1.82, 2.24) is 9.91 Å². The summed E-state index contributed by atoms with van der Waals surface area (Å²) in [6.45, 7) is 7.78. The fourth-order valence-corrected chi connectivity index (χ4v) is 3.81. The SMILES string of the molecule is COc1ccccc1[C@H]1CC(c2ccc(C)c(C)c2)=NN1C(=O)CN(C)C(=O)C(C)C. The van der Waals surface area contributed by atoms with Gasteiger partial charge < -0.3 is 9.64 Å². The topological polar surface area (TPSA) is 62.2 Å². The van der Waals surface area contributed by atoms with E-state index in [0.29, 0.717) is 12.2 Å². The van der Waals surface area contributed by atoms with Gasteiger partial charge in [-0.25, -0.2) is 5.01 Å². The number of ether oxygens (including phenoxy) is 1. The number of methoxy groups -OCH3 is 1. The van der Waals surface area contributed by atoms with Crippen molar-refractivity contribution < 1.29 is 14.3 Å². The van der Waals surface area contributed by atoms with Crippen LogP contribution < -0.4 is 4.74 Å². The van der Waals surface area contributed by atoms with E-state index in [1.54, 1.807) is 14.2 Å². The van der Waals surface area contributed by atoms with Crippen LogP contribution in [0.5, 0.6) is 5.75 Å². The lowest BCUT2D eigenvalue weighted by Crippen LogP contribution is -2.40. The second-order valence-electron chi connectivity index (χ2n) is 8.39. The first-order chi connectivity index (χ1) is 14.7. The summed E-state index contributed by atoms with van der Waals surface area (Å²) in [4.78, 5) is 27.0. The average molecular weight is 422 g/mol. The van der Waals surface area contributed by atoms with Gasteiger partial charge in [-0.05, 0) is 42.7 Å². The van der Waals surface area contributed by atoms with Crippen molar-refractivity contribution in [1.29, 1.82) is 0 Å². The fourth-order valence-electron chi connectivity index (χ4n) is 3.81. The second kappa shape index (κ2) is 9.33. The third-order valence-corrected chi connectivity index (χ3v) is 5.75. The quantitative estimate of drug-likeness (QED) is 0.705. The molecule has 2 aromatic carbocycles. The molecule has 0 bridgehead atoms. The first-order valence-electron chi connectivity index (χ1n) is 10.6. The second-order valence-corrected chi connectivity index (χ2v) is 8.39. The van der Waals surface area contributed by atoms with E-state index in [1.807, 2.05) is 44.2 Å². The number of para-hydroxylation sites is 1. The molecule has 0 spiro atoms. The van der Waals surface area contributed by atoms with Gasteiger partial charge in [-0.1, -0.05) is 44.2 Å². The van der Waals surface area contributed by atoms with Crippen molar-refractivity contribution in [3.63, 3.8) is 0 Å². The zero-order valence-electron chi connectivity index (χ0n) is 19.2. The first-order valence-corrected chi connectivity index (χ1v) is 10.6. The molecule has 1 aliphatic heterocycles. The summed E-state index contributed by atoms with van der Waals surface area (Å²) in [5, 5.41) is 6.25. The van der Waals surface area contributed by atoms with Crippen LogP contribution in [0.2, 0.25) is 0 Å². The summed E-state index contributed by atoms with van der Waals surface area (Å²) in [6.07, 6.45) is 0.580. The lowest BCUT2D eigenvalue weighted by atomic mass is 9.96. The Morgan fingerprint density at radius 2 is 1.87 bits per heavy atom. The van der Waals surface area contributed by atoms with Gasteiger partial charge in [0.05, 0.1) is 18.9 Å². The number of carbonyl (C=O) groups excluding carboxylic acids is 2. The third kappa shape index (κ3) is 4.79. The predicted molar refractivity (Wildman–Crippen MR) is 122 cm³/mol. The van der Waals surface area contributed by atoms with Crippen LogP contribution in [-0.4, -0.2) is 48.1 Å². The highest BCUT2D eigenvalue weighted by molar-refractivity contribution is 6.03. The number of benzene rings is 2. The van der Waals surface area contributed by atoms with Gasteiger partial charge in [-0.3, -0.25) is 9.59 Å². The van der Waals surface area contributed by atoms with Crippen LogP contribution in [0.15, 0.2) is 47.6 Å². The highest BCUT2D eigenvalue weighted by Crippen LogP contribution is 2.37. The van der Waals surface area contributed by atoms with Gasteiger partial charge in [0, 0.05) is 24.9 Å². The minimum absolute atomic E-state index is 0.0215. The number of likely N-dealkylation sites (N-methyl/N-ethyl adjacent to an activating group) is 1. The Bertz CT molecular complexity index is 1010. The van der Waals surface area contributed by atoms with Crippen molar-refractivity contribution in [3.8, 4) is 5.75 Å². The number of carbonyl (C=O) groups is 2. The van der Waals surface area contributed by atoms with Gasteiger partial charge in [-0.15, -0.1) is 0 Å². The lowest BCUT2D eigenvalue weighted by Gasteiger charge is -2.26. The molecule has 2 amide bonds. The van der Waals surface area contributed by atoms with Gasteiger partial charge in [-0.2, -0.15) is 5.10 Å². The Morgan fingerprint density at radius 1 is 1.16 bits per heavy atom. The molecule has 0 saturated heterocycles. The molecular formula is C25H31N3O3. The van der Waals surface area contributed by atoms with Crippen LogP contribution in [0.25, 0.3) is 0 Å². The van der Waals surface area contributed by atoms with E-state index >= 15 is 0 Å². The van der Waals surface area contributed by atoms with Gasteiger partial charge in [0.15, 0.2) is 0 Å². The van der Waals surface area contributed by atoms with Crippen LogP contribution in [0.4, 0.5) is 0 Å². The van der Waals surface area contributed by atoms with Gasteiger partial charge in [0.1, 0.15) is 12.3 Å². The fraction of sp³-hybridized carbons (Fsp3) is 0.400. The summed E-state index contributed by atoms with van der Waals surface area (Å²) >= 11 is 0. The molecule has 6 nitrogen and oxygen atoms in total. The molecule has 6 heteroatoms. The number of hydrogen-bond acceptors (Lipinski definition) is 4. The Kier molecular flexibility index (Phi) is 6.78. The Hall–Kier alpha value is -3.15. The van der Waals surface area contributed by atoms with Gasteiger partial charge in [0.2, 0.25) is 5.91 Å². The van der Waals surface area contributed by atoms with Crippen molar-refractivity contribution in [2.45, 2.75) is 40.2 Å².